The number of amides is 1. The highest BCUT2D eigenvalue weighted by atomic mass is 16.5. The van der Waals surface area contributed by atoms with E-state index in [4.69, 9.17) is 4.74 Å². The molecule has 1 aromatic carbocycles. The van der Waals surface area contributed by atoms with E-state index < -0.39 is 0 Å². The summed E-state index contributed by atoms with van der Waals surface area (Å²) in [4.78, 5) is 32.4. The van der Waals surface area contributed by atoms with Gasteiger partial charge in [-0.15, -0.1) is 0 Å². The van der Waals surface area contributed by atoms with Crippen molar-refractivity contribution in [2.75, 3.05) is 30.4 Å². The Morgan fingerprint density at radius 2 is 1.90 bits per heavy atom. The van der Waals surface area contributed by atoms with Gasteiger partial charge in [-0.05, 0) is 32.9 Å². The Morgan fingerprint density at radius 3 is 2.57 bits per heavy atom. The SMILES string of the molecule is COc1ncc2c(N3C[C@@H](C)N[C@@H](C)C3)ccc(C(=O)Nc3cnc(C)cn3)c2n1. The standard InChI is InChI=1S/C21H25N7O2/c1-12-7-23-18(9-22-12)26-20(29)15-5-6-17(28-10-13(2)25-14(3)11-28)16-8-24-21(30-4)27-19(15)16/h5-9,13-14,25H,10-11H2,1-4H3,(H,23,26,29)/t13-,14+. The van der Waals surface area contributed by atoms with E-state index in [9.17, 15) is 4.79 Å². The summed E-state index contributed by atoms with van der Waals surface area (Å²) < 4.78 is 5.21. The molecule has 30 heavy (non-hydrogen) atoms. The molecule has 0 unspecified atom stereocenters. The fraction of sp³-hybridized carbons (Fsp3) is 0.381. The van der Waals surface area contributed by atoms with Crippen molar-refractivity contribution in [2.45, 2.75) is 32.9 Å². The van der Waals surface area contributed by atoms with Gasteiger partial charge in [0.15, 0.2) is 5.82 Å². The van der Waals surface area contributed by atoms with E-state index in [0.29, 0.717) is 29.0 Å². The number of hydrogen-bond donors (Lipinski definition) is 2. The van der Waals surface area contributed by atoms with Crippen LogP contribution in [0.3, 0.4) is 0 Å². The van der Waals surface area contributed by atoms with E-state index in [1.165, 1.54) is 13.3 Å². The Bertz CT molecular complexity index is 1060. The summed E-state index contributed by atoms with van der Waals surface area (Å²) in [6.07, 6.45) is 4.86. The van der Waals surface area contributed by atoms with Crippen LogP contribution in [0.5, 0.6) is 6.01 Å². The Kier molecular flexibility index (Phi) is 5.45. The number of aryl methyl sites for hydroxylation is 1. The molecule has 0 bridgehead atoms. The van der Waals surface area contributed by atoms with Gasteiger partial charge in [-0.2, -0.15) is 4.98 Å². The highest BCUT2D eigenvalue weighted by molar-refractivity contribution is 6.13. The zero-order valence-electron chi connectivity index (χ0n) is 17.5. The molecule has 3 heterocycles. The summed E-state index contributed by atoms with van der Waals surface area (Å²) in [6.45, 7) is 7.88. The van der Waals surface area contributed by atoms with Gasteiger partial charge in [0.25, 0.3) is 5.91 Å². The van der Waals surface area contributed by atoms with Crippen LogP contribution < -0.4 is 20.3 Å². The molecular weight excluding hydrogens is 382 g/mol. The van der Waals surface area contributed by atoms with Gasteiger partial charge < -0.3 is 20.3 Å². The van der Waals surface area contributed by atoms with Gasteiger partial charge in [0.2, 0.25) is 0 Å². The molecule has 1 fully saturated rings. The minimum atomic E-state index is -0.312. The fourth-order valence-corrected chi connectivity index (χ4v) is 3.81. The summed E-state index contributed by atoms with van der Waals surface area (Å²) in [5.41, 5.74) is 2.74. The summed E-state index contributed by atoms with van der Waals surface area (Å²) in [6, 6.07) is 4.67. The van der Waals surface area contributed by atoms with Crippen LogP contribution in [0.25, 0.3) is 10.9 Å². The van der Waals surface area contributed by atoms with Crippen LogP contribution in [0.4, 0.5) is 11.5 Å². The van der Waals surface area contributed by atoms with Crippen LogP contribution in [0.15, 0.2) is 30.7 Å². The molecule has 2 N–H and O–H groups in total. The smallest absolute Gasteiger partial charge is 0.316 e. The quantitative estimate of drug-likeness (QED) is 0.678. The number of aromatic nitrogens is 4. The Balaban J connectivity index is 1.75. The first-order chi connectivity index (χ1) is 14.4. The maximum atomic E-state index is 13.0. The molecule has 3 aromatic rings. The van der Waals surface area contributed by atoms with E-state index in [-0.39, 0.29) is 11.9 Å². The molecule has 1 aliphatic heterocycles. The number of ether oxygens (including phenoxy) is 1. The number of nitrogens with zero attached hydrogens (tertiary/aromatic N) is 5. The van der Waals surface area contributed by atoms with Crippen LogP contribution in [-0.2, 0) is 0 Å². The molecule has 2 aromatic heterocycles. The summed E-state index contributed by atoms with van der Waals surface area (Å²) in [5.74, 6) is 0.0705. The molecule has 0 aliphatic carbocycles. The molecule has 0 radical (unpaired) electrons. The molecule has 1 saturated heterocycles. The topological polar surface area (TPSA) is 105 Å². The molecule has 9 nitrogen and oxygen atoms in total. The van der Waals surface area contributed by atoms with Crippen molar-refractivity contribution < 1.29 is 9.53 Å². The van der Waals surface area contributed by atoms with Gasteiger partial charge in [-0.1, -0.05) is 0 Å². The monoisotopic (exact) mass is 407 g/mol. The average Bonchev–Trinajstić information content (AvgIpc) is 2.73. The summed E-state index contributed by atoms with van der Waals surface area (Å²) in [5, 5.41) is 7.13. The van der Waals surface area contributed by atoms with Crippen molar-refractivity contribution in [1.29, 1.82) is 0 Å². The average molecular weight is 407 g/mol. The van der Waals surface area contributed by atoms with E-state index in [0.717, 1.165) is 29.9 Å². The molecular formula is C21H25N7O2. The van der Waals surface area contributed by atoms with Crippen molar-refractivity contribution in [1.82, 2.24) is 25.3 Å². The van der Waals surface area contributed by atoms with Gasteiger partial charge in [-0.25, -0.2) is 9.97 Å². The van der Waals surface area contributed by atoms with Crippen LogP contribution in [0.2, 0.25) is 0 Å². The number of hydrogen-bond acceptors (Lipinski definition) is 8. The number of anilines is 2. The summed E-state index contributed by atoms with van der Waals surface area (Å²) in [7, 11) is 1.51. The van der Waals surface area contributed by atoms with E-state index in [1.54, 1.807) is 18.5 Å². The van der Waals surface area contributed by atoms with Crippen molar-refractivity contribution in [3.63, 3.8) is 0 Å². The Hall–Kier alpha value is -3.33. The molecule has 9 heteroatoms. The number of carbonyl (C=O) groups excluding carboxylic acids is 1. The maximum Gasteiger partial charge on any atom is 0.316 e. The number of rotatable bonds is 4. The van der Waals surface area contributed by atoms with Gasteiger partial charge >= 0.3 is 6.01 Å². The first-order valence-electron chi connectivity index (χ1n) is 9.89. The van der Waals surface area contributed by atoms with Gasteiger partial charge in [0.1, 0.15) is 0 Å². The number of piperazine rings is 1. The number of carbonyl (C=O) groups is 1. The van der Waals surface area contributed by atoms with Gasteiger partial charge in [0.05, 0.1) is 36.3 Å². The van der Waals surface area contributed by atoms with E-state index >= 15 is 0 Å². The molecule has 2 atom stereocenters. The van der Waals surface area contributed by atoms with Gasteiger partial charge in [-0.3, -0.25) is 9.78 Å². The van der Waals surface area contributed by atoms with Crippen LogP contribution >= 0.6 is 0 Å². The predicted molar refractivity (Wildman–Crippen MR) is 115 cm³/mol. The maximum absolute atomic E-state index is 13.0. The second-order valence-electron chi connectivity index (χ2n) is 7.62. The molecule has 0 saturated carbocycles. The van der Waals surface area contributed by atoms with Crippen molar-refractivity contribution >= 4 is 28.3 Å². The lowest BCUT2D eigenvalue weighted by Crippen LogP contribution is -2.54. The third-order valence-corrected chi connectivity index (χ3v) is 5.05. The second-order valence-corrected chi connectivity index (χ2v) is 7.62. The largest absolute Gasteiger partial charge is 0.467 e. The minimum absolute atomic E-state index is 0.214. The third kappa shape index (κ3) is 4.02. The molecule has 156 valence electrons. The Labute approximate surface area is 174 Å². The number of methoxy groups -OCH3 is 1. The highest BCUT2D eigenvalue weighted by Gasteiger charge is 2.24. The first-order valence-corrected chi connectivity index (χ1v) is 9.89. The number of benzene rings is 1. The zero-order valence-corrected chi connectivity index (χ0v) is 17.5. The Morgan fingerprint density at radius 1 is 1.13 bits per heavy atom. The number of fused-ring (bicyclic) bond motifs is 1. The predicted octanol–water partition coefficient (Wildman–Crippen LogP) is 2.18. The lowest BCUT2D eigenvalue weighted by molar-refractivity contribution is 0.102. The van der Waals surface area contributed by atoms with E-state index in [2.05, 4.69) is 49.3 Å². The normalized spacial score (nSPS) is 19.0. The van der Waals surface area contributed by atoms with Crippen molar-refractivity contribution in [3.05, 3.63) is 42.0 Å². The minimum Gasteiger partial charge on any atom is -0.467 e. The lowest BCUT2D eigenvalue weighted by Gasteiger charge is -2.38. The van der Waals surface area contributed by atoms with Gasteiger partial charge in [0, 0.05) is 42.4 Å². The fourth-order valence-electron chi connectivity index (χ4n) is 3.81. The molecule has 1 aliphatic rings. The first kappa shape index (κ1) is 20.0. The number of nitrogens with one attached hydrogen (secondary N) is 2. The van der Waals surface area contributed by atoms with Crippen LogP contribution in [-0.4, -0.2) is 58.1 Å². The summed E-state index contributed by atoms with van der Waals surface area (Å²) >= 11 is 0. The van der Waals surface area contributed by atoms with Crippen LogP contribution in [0, 0.1) is 6.92 Å². The molecule has 4 rings (SSSR count). The lowest BCUT2D eigenvalue weighted by atomic mass is 10.0. The second kappa shape index (κ2) is 8.19. The zero-order chi connectivity index (χ0) is 21.3. The molecule has 0 spiro atoms. The third-order valence-electron chi connectivity index (χ3n) is 5.05. The van der Waals surface area contributed by atoms with Crippen molar-refractivity contribution in [3.8, 4) is 6.01 Å². The molecule has 1 amide bonds. The van der Waals surface area contributed by atoms with Crippen molar-refractivity contribution in [2.24, 2.45) is 0 Å². The van der Waals surface area contributed by atoms with Crippen LogP contribution in [0.1, 0.15) is 29.9 Å². The highest BCUT2D eigenvalue weighted by Crippen LogP contribution is 2.30. The van der Waals surface area contributed by atoms with E-state index in [1.807, 2.05) is 13.0 Å².